The summed E-state index contributed by atoms with van der Waals surface area (Å²) in [5.41, 5.74) is 1.87. The van der Waals surface area contributed by atoms with Crippen LogP contribution in [0.25, 0.3) is 11.5 Å². The summed E-state index contributed by atoms with van der Waals surface area (Å²) in [6.07, 6.45) is 8.91. The molecule has 0 bridgehead atoms. The molecule has 0 radical (unpaired) electrons. The molecule has 3 heterocycles. The first kappa shape index (κ1) is 14.9. The van der Waals surface area contributed by atoms with Crippen molar-refractivity contribution in [3.63, 3.8) is 0 Å². The maximum atomic E-state index is 5.20. The van der Waals surface area contributed by atoms with Crippen LogP contribution in [-0.4, -0.2) is 24.9 Å². The number of aromatic nitrogens is 5. The number of pyridine rings is 1. The van der Waals surface area contributed by atoms with Crippen LogP contribution in [-0.2, 0) is 6.54 Å². The Labute approximate surface area is 140 Å². The molecule has 1 aliphatic carbocycles. The van der Waals surface area contributed by atoms with Gasteiger partial charge in [0.2, 0.25) is 0 Å². The van der Waals surface area contributed by atoms with Crippen molar-refractivity contribution in [3.8, 4) is 11.5 Å². The summed E-state index contributed by atoms with van der Waals surface area (Å²) in [7, 11) is 0. The standard InChI is InChI=1S/C17H20N6O/c1-12-20-17(24-22-12)13-6-8-18-16(10-13)19-11-14-7-9-23(21-14)15-4-2-3-5-15/h6-10,15H,2-5,11H2,1H3,(H,18,19). The minimum absolute atomic E-state index is 0.503. The highest BCUT2D eigenvalue weighted by Crippen LogP contribution is 2.28. The van der Waals surface area contributed by atoms with Crippen molar-refractivity contribution in [1.82, 2.24) is 24.9 Å². The lowest BCUT2D eigenvalue weighted by Crippen LogP contribution is -2.07. The van der Waals surface area contributed by atoms with Crippen molar-refractivity contribution in [2.24, 2.45) is 0 Å². The van der Waals surface area contributed by atoms with E-state index in [4.69, 9.17) is 4.52 Å². The monoisotopic (exact) mass is 324 g/mol. The second kappa shape index (κ2) is 6.43. The fraction of sp³-hybridized carbons (Fsp3) is 0.412. The Morgan fingerprint density at radius 2 is 2.17 bits per heavy atom. The van der Waals surface area contributed by atoms with E-state index >= 15 is 0 Å². The van der Waals surface area contributed by atoms with Gasteiger partial charge in [-0.2, -0.15) is 10.1 Å². The van der Waals surface area contributed by atoms with Gasteiger partial charge < -0.3 is 9.84 Å². The minimum atomic E-state index is 0.503. The van der Waals surface area contributed by atoms with Crippen molar-refractivity contribution >= 4 is 5.82 Å². The molecular weight excluding hydrogens is 304 g/mol. The molecule has 4 rings (SSSR count). The number of nitrogens with zero attached hydrogens (tertiary/aromatic N) is 5. The van der Waals surface area contributed by atoms with Gasteiger partial charge in [-0.1, -0.05) is 18.0 Å². The summed E-state index contributed by atoms with van der Waals surface area (Å²) in [6, 6.07) is 6.39. The summed E-state index contributed by atoms with van der Waals surface area (Å²) in [6.45, 7) is 2.44. The Morgan fingerprint density at radius 1 is 1.29 bits per heavy atom. The smallest absolute Gasteiger partial charge is 0.258 e. The van der Waals surface area contributed by atoms with Crippen molar-refractivity contribution in [3.05, 3.63) is 42.1 Å². The molecule has 0 amide bonds. The highest BCUT2D eigenvalue weighted by atomic mass is 16.5. The molecule has 24 heavy (non-hydrogen) atoms. The van der Waals surface area contributed by atoms with Gasteiger partial charge in [-0.15, -0.1) is 0 Å². The lowest BCUT2D eigenvalue weighted by atomic mass is 10.2. The third-order valence-electron chi connectivity index (χ3n) is 4.35. The van der Waals surface area contributed by atoms with E-state index in [1.807, 2.05) is 12.1 Å². The Hall–Kier alpha value is -2.70. The molecule has 0 saturated heterocycles. The van der Waals surface area contributed by atoms with Crippen LogP contribution in [0.1, 0.15) is 43.2 Å². The summed E-state index contributed by atoms with van der Waals surface area (Å²) >= 11 is 0. The molecule has 7 nitrogen and oxygen atoms in total. The van der Waals surface area contributed by atoms with Gasteiger partial charge in [-0.05, 0) is 38.0 Å². The van der Waals surface area contributed by atoms with Gasteiger partial charge in [0.15, 0.2) is 5.82 Å². The molecule has 1 N–H and O–H groups in total. The van der Waals surface area contributed by atoms with Crippen LogP contribution < -0.4 is 5.32 Å². The van der Waals surface area contributed by atoms with Gasteiger partial charge in [-0.3, -0.25) is 4.68 Å². The lowest BCUT2D eigenvalue weighted by Gasteiger charge is -2.09. The first-order valence-electron chi connectivity index (χ1n) is 8.32. The minimum Gasteiger partial charge on any atom is -0.364 e. The number of hydrogen-bond donors (Lipinski definition) is 1. The zero-order chi connectivity index (χ0) is 16.4. The largest absolute Gasteiger partial charge is 0.364 e. The van der Waals surface area contributed by atoms with E-state index in [9.17, 15) is 0 Å². The SMILES string of the molecule is Cc1noc(-c2ccnc(NCc3ccn(C4CCCC4)n3)c2)n1. The van der Waals surface area contributed by atoms with Gasteiger partial charge in [-0.25, -0.2) is 4.98 Å². The van der Waals surface area contributed by atoms with E-state index in [0.29, 0.717) is 24.3 Å². The second-order valence-corrected chi connectivity index (χ2v) is 6.16. The summed E-state index contributed by atoms with van der Waals surface area (Å²) in [5, 5.41) is 11.8. The highest BCUT2D eigenvalue weighted by molar-refractivity contribution is 5.57. The number of rotatable bonds is 5. The third-order valence-corrected chi connectivity index (χ3v) is 4.35. The number of hydrogen-bond acceptors (Lipinski definition) is 6. The molecule has 0 aromatic carbocycles. The molecule has 1 aliphatic rings. The van der Waals surface area contributed by atoms with Crippen molar-refractivity contribution in [2.45, 2.75) is 45.2 Å². The van der Waals surface area contributed by atoms with Gasteiger partial charge in [0.25, 0.3) is 5.89 Å². The molecule has 1 saturated carbocycles. The second-order valence-electron chi connectivity index (χ2n) is 6.16. The molecule has 3 aromatic rings. The average molecular weight is 324 g/mol. The molecular formula is C17H20N6O. The third kappa shape index (κ3) is 3.15. The van der Waals surface area contributed by atoms with Crippen molar-refractivity contribution < 1.29 is 4.52 Å². The van der Waals surface area contributed by atoms with E-state index in [2.05, 4.69) is 42.5 Å². The Bertz CT molecular complexity index is 818. The Kier molecular flexibility index (Phi) is 3.98. The molecule has 1 fully saturated rings. The highest BCUT2D eigenvalue weighted by Gasteiger charge is 2.17. The zero-order valence-electron chi connectivity index (χ0n) is 13.6. The van der Waals surface area contributed by atoms with Crippen LogP contribution in [0.5, 0.6) is 0 Å². The predicted octanol–water partition coefficient (Wildman–Crippen LogP) is 3.36. The summed E-state index contributed by atoms with van der Waals surface area (Å²) in [4.78, 5) is 8.57. The van der Waals surface area contributed by atoms with Crippen molar-refractivity contribution in [2.75, 3.05) is 5.32 Å². The first-order chi connectivity index (χ1) is 11.8. The normalized spacial score (nSPS) is 15.0. The van der Waals surface area contributed by atoms with Gasteiger partial charge >= 0.3 is 0 Å². The van der Waals surface area contributed by atoms with E-state index in [0.717, 1.165) is 17.1 Å². The summed E-state index contributed by atoms with van der Waals surface area (Å²) in [5.74, 6) is 1.89. The molecule has 0 spiro atoms. The van der Waals surface area contributed by atoms with Crippen LogP contribution in [0.3, 0.4) is 0 Å². The molecule has 124 valence electrons. The molecule has 3 aromatic heterocycles. The average Bonchev–Trinajstić information content (AvgIpc) is 3.34. The number of nitrogens with one attached hydrogen (secondary N) is 1. The molecule has 7 heteroatoms. The maximum absolute atomic E-state index is 5.20. The number of aryl methyl sites for hydroxylation is 1. The fourth-order valence-electron chi connectivity index (χ4n) is 3.10. The fourth-order valence-corrected chi connectivity index (χ4v) is 3.10. The molecule has 0 aliphatic heterocycles. The van der Waals surface area contributed by atoms with Crippen LogP contribution in [0.15, 0.2) is 35.1 Å². The van der Waals surface area contributed by atoms with Crippen LogP contribution >= 0.6 is 0 Å². The Balaban J connectivity index is 1.42. The maximum Gasteiger partial charge on any atom is 0.258 e. The van der Waals surface area contributed by atoms with E-state index in [1.165, 1.54) is 25.7 Å². The molecule has 0 unspecified atom stereocenters. The quantitative estimate of drug-likeness (QED) is 0.775. The number of anilines is 1. The zero-order valence-corrected chi connectivity index (χ0v) is 13.6. The lowest BCUT2D eigenvalue weighted by molar-refractivity contribution is 0.425. The van der Waals surface area contributed by atoms with Gasteiger partial charge in [0.1, 0.15) is 5.82 Å². The van der Waals surface area contributed by atoms with E-state index in [-0.39, 0.29) is 0 Å². The van der Waals surface area contributed by atoms with Crippen LogP contribution in [0.4, 0.5) is 5.82 Å². The van der Waals surface area contributed by atoms with Crippen LogP contribution in [0.2, 0.25) is 0 Å². The summed E-state index contributed by atoms with van der Waals surface area (Å²) < 4.78 is 7.30. The topological polar surface area (TPSA) is 81.7 Å². The van der Waals surface area contributed by atoms with Gasteiger partial charge in [0.05, 0.1) is 18.3 Å². The van der Waals surface area contributed by atoms with E-state index < -0.39 is 0 Å². The first-order valence-corrected chi connectivity index (χ1v) is 8.32. The van der Waals surface area contributed by atoms with Gasteiger partial charge in [0, 0.05) is 18.0 Å². The van der Waals surface area contributed by atoms with Crippen LogP contribution in [0, 0.1) is 6.92 Å². The predicted molar refractivity (Wildman–Crippen MR) is 89.3 cm³/mol. The van der Waals surface area contributed by atoms with Crippen molar-refractivity contribution in [1.29, 1.82) is 0 Å². The van der Waals surface area contributed by atoms with E-state index in [1.54, 1.807) is 13.1 Å². The molecule has 0 atom stereocenters. The Morgan fingerprint density at radius 3 is 2.96 bits per heavy atom.